The van der Waals surface area contributed by atoms with E-state index in [0.717, 1.165) is 22.5 Å². The summed E-state index contributed by atoms with van der Waals surface area (Å²) in [5.41, 5.74) is 2.54. The van der Waals surface area contributed by atoms with Gasteiger partial charge in [0, 0.05) is 11.1 Å². The van der Waals surface area contributed by atoms with E-state index in [1.807, 2.05) is 73.1 Å². The van der Waals surface area contributed by atoms with Gasteiger partial charge in [-0.05, 0) is 0 Å². The van der Waals surface area contributed by atoms with Crippen molar-refractivity contribution in [3.05, 3.63) is 73.1 Å². The summed E-state index contributed by atoms with van der Waals surface area (Å²) in [6, 6.07) is 19.5. The minimum absolute atomic E-state index is 0.232. The van der Waals surface area contributed by atoms with Crippen molar-refractivity contribution in [2.24, 2.45) is 5.41 Å². The molecule has 0 bridgehead atoms. The summed E-state index contributed by atoms with van der Waals surface area (Å²) in [5, 5.41) is 36.9. The Hall–Kier alpha value is -3.36. The van der Waals surface area contributed by atoms with Crippen LogP contribution in [0.25, 0.3) is 22.5 Å². The zero-order valence-electron chi connectivity index (χ0n) is 15.8. The van der Waals surface area contributed by atoms with E-state index in [1.54, 1.807) is 9.36 Å². The molecule has 148 valence electrons. The third kappa shape index (κ3) is 4.23. The van der Waals surface area contributed by atoms with Crippen LogP contribution in [0.4, 0.5) is 0 Å². The molecule has 2 aromatic carbocycles. The minimum atomic E-state index is -0.858. The number of hydrogen-bond donors (Lipinski definition) is 2. The fraction of sp³-hybridized carbons (Fsp3) is 0.238. The summed E-state index contributed by atoms with van der Waals surface area (Å²) in [5.74, 6) is 0. The number of rotatable bonds is 8. The lowest BCUT2D eigenvalue weighted by molar-refractivity contribution is 0.0187. The van der Waals surface area contributed by atoms with E-state index < -0.39 is 5.41 Å². The van der Waals surface area contributed by atoms with Crippen LogP contribution in [0, 0.1) is 5.41 Å². The van der Waals surface area contributed by atoms with E-state index in [2.05, 4.69) is 20.6 Å². The highest BCUT2D eigenvalue weighted by Gasteiger charge is 2.31. The van der Waals surface area contributed by atoms with Crippen molar-refractivity contribution in [3.8, 4) is 22.5 Å². The lowest BCUT2D eigenvalue weighted by atomic mass is 9.90. The van der Waals surface area contributed by atoms with Crippen LogP contribution in [0.15, 0.2) is 73.1 Å². The van der Waals surface area contributed by atoms with Gasteiger partial charge in [-0.2, -0.15) is 0 Å². The number of aromatic nitrogens is 6. The Labute approximate surface area is 168 Å². The standard InChI is InChI=1S/C21H22N6O2/c28-15-21(16-29,13-26-11-19(22-24-26)17-7-3-1-4-8-17)14-27-12-20(23-25-27)18-9-5-2-6-10-18/h1-12,28-29H,13-16H2. The molecule has 0 saturated heterocycles. The van der Waals surface area contributed by atoms with Gasteiger partial charge in [0.1, 0.15) is 11.4 Å². The Balaban J connectivity index is 1.53. The van der Waals surface area contributed by atoms with Gasteiger partial charge in [-0.1, -0.05) is 71.1 Å². The molecule has 4 rings (SSSR count). The van der Waals surface area contributed by atoms with Crippen molar-refractivity contribution in [3.63, 3.8) is 0 Å². The van der Waals surface area contributed by atoms with Gasteiger partial charge in [0.2, 0.25) is 0 Å². The molecule has 0 saturated carbocycles. The molecule has 0 amide bonds. The molecule has 0 atom stereocenters. The van der Waals surface area contributed by atoms with Crippen LogP contribution in [0.3, 0.4) is 0 Å². The maximum Gasteiger partial charge on any atom is 0.113 e. The van der Waals surface area contributed by atoms with Crippen molar-refractivity contribution in [2.75, 3.05) is 13.2 Å². The van der Waals surface area contributed by atoms with E-state index >= 15 is 0 Å². The third-order valence-electron chi connectivity index (χ3n) is 4.88. The molecule has 0 aliphatic rings. The highest BCUT2D eigenvalue weighted by atomic mass is 16.3. The molecule has 2 aromatic heterocycles. The van der Waals surface area contributed by atoms with Crippen molar-refractivity contribution < 1.29 is 10.2 Å². The lowest BCUT2D eigenvalue weighted by Gasteiger charge is -2.28. The second kappa shape index (κ2) is 8.34. The molecule has 0 unspecified atom stereocenters. The number of nitrogens with zero attached hydrogens (tertiary/aromatic N) is 6. The fourth-order valence-electron chi connectivity index (χ4n) is 3.22. The summed E-state index contributed by atoms with van der Waals surface area (Å²) >= 11 is 0. The Morgan fingerprint density at radius 3 is 1.45 bits per heavy atom. The average Bonchev–Trinajstić information content (AvgIpc) is 3.44. The largest absolute Gasteiger partial charge is 0.396 e. The maximum absolute atomic E-state index is 10.1. The van der Waals surface area contributed by atoms with E-state index in [9.17, 15) is 10.2 Å². The lowest BCUT2D eigenvalue weighted by Crippen LogP contribution is -2.39. The molecule has 0 aliphatic carbocycles. The predicted molar refractivity (Wildman–Crippen MR) is 108 cm³/mol. The SMILES string of the molecule is OCC(CO)(Cn1cc(-c2ccccc2)nn1)Cn1cc(-c2ccccc2)nn1. The highest BCUT2D eigenvalue weighted by molar-refractivity contribution is 5.57. The Morgan fingerprint density at radius 2 is 1.07 bits per heavy atom. The van der Waals surface area contributed by atoms with Crippen LogP contribution in [0.1, 0.15) is 0 Å². The van der Waals surface area contributed by atoms with Gasteiger partial charge >= 0.3 is 0 Å². The molecule has 4 aromatic rings. The van der Waals surface area contributed by atoms with Gasteiger partial charge in [0.25, 0.3) is 0 Å². The number of benzene rings is 2. The van der Waals surface area contributed by atoms with Crippen molar-refractivity contribution >= 4 is 0 Å². The van der Waals surface area contributed by atoms with Crippen molar-refractivity contribution in [1.82, 2.24) is 30.0 Å². The molecule has 8 heteroatoms. The average molecular weight is 390 g/mol. The first-order valence-electron chi connectivity index (χ1n) is 9.34. The summed E-state index contributed by atoms with van der Waals surface area (Å²) < 4.78 is 3.29. The van der Waals surface area contributed by atoms with Gasteiger partial charge in [-0.15, -0.1) is 10.2 Å². The smallest absolute Gasteiger partial charge is 0.113 e. The van der Waals surface area contributed by atoms with E-state index in [1.165, 1.54) is 0 Å². The number of hydrogen-bond acceptors (Lipinski definition) is 6. The van der Waals surface area contributed by atoms with Gasteiger partial charge in [-0.25, -0.2) is 0 Å². The van der Waals surface area contributed by atoms with Crippen LogP contribution in [0.2, 0.25) is 0 Å². The molecule has 2 heterocycles. The molecular formula is C21H22N6O2. The zero-order valence-corrected chi connectivity index (χ0v) is 15.8. The van der Waals surface area contributed by atoms with Crippen LogP contribution in [-0.2, 0) is 13.1 Å². The number of aliphatic hydroxyl groups excluding tert-OH is 2. The third-order valence-corrected chi connectivity index (χ3v) is 4.88. The van der Waals surface area contributed by atoms with Crippen LogP contribution < -0.4 is 0 Å². The number of aliphatic hydroxyl groups is 2. The van der Waals surface area contributed by atoms with Crippen LogP contribution in [-0.4, -0.2) is 53.4 Å². The molecule has 0 fully saturated rings. The predicted octanol–water partition coefficient (Wildman–Crippen LogP) is 1.87. The van der Waals surface area contributed by atoms with Crippen LogP contribution in [0.5, 0.6) is 0 Å². The van der Waals surface area contributed by atoms with E-state index in [4.69, 9.17) is 0 Å². The van der Waals surface area contributed by atoms with Crippen LogP contribution >= 0.6 is 0 Å². The van der Waals surface area contributed by atoms with Gasteiger partial charge < -0.3 is 10.2 Å². The molecule has 2 N–H and O–H groups in total. The summed E-state index contributed by atoms with van der Waals surface area (Å²) in [6.45, 7) is 0.121. The summed E-state index contributed by atoms with van der Waals surface area (Å²) in [7, 11) is 0. The molecule has 0 aliphatic heterocycles. The highest BCUT2D eigenvalue weighted by Crippen LogP contribution is 2.24. The Bertz CT molecular complexity index is 960. The topological polar surface area (TPSA) is 102 Å². The van der Waals surface area contributed by atoms with Gasteiger partial charge in [-0.3, -0.25) is 9.36 Å². The molecule has 29 heavy (non-hydrogen) atoms. The molecule has 8 nitrogen and oxygen atoms in total. The molecule has 0 radical (unpaired) electrons. The zero-order chi connectivity index (χ0) is 20.1. The quantitative estimate of drug-likeness (QED) is 0.476. The molecule has 0 spiro atoms. The normalized spacial score (nSPS) is 11.7. The van der Waals surface area contributed by atoms with Gasteiger partial charge in [0.15, 0.2) is 0 Å². The second-order valence-corrected chi connectivity index (χ2v) is 7.15. The minimum Gasteiger partial charge on any atom is -0.396 e. The first kappa shape index (κ1) is 19.0. The Kier molecular flexibility index (Phi) is 5.46. The van der Waals surface area contributed by atoms with Crippen molar-refractivity contribution in [1.29, 1.82) is 0 Å². The first-order valence-corrected chi connectivity index (χ1v) is 9.34. The molecular weight excluding hydrogens is 368 g/mol. The van der Waals surface area contributed by atoms with Crippen molar-refractivity contribution in [2.45, 2.75) is 13.1 Å². The monoisotopic (exact) mass is 390 g/mol. The maximum atomic E-state index is 10.1. The fourth-order valence-corrected chi connectivity index (χ4v) is 3.22. The summed E-state index contributed by atoms with van der Waals surface area (Å²) in [4.78, 5) is 0. The second-order valence-electron chi connectivity index (χ2n) is 7.15. The van der Waals surface area contributed by atoms with E-state index in [0.29, 0.717) is 13.1 Å². The first-order chi connectivity index (χ1) is 14.2. The van der Waals surface area contributed by atoms with Gasteiger partial charge in [0.05, 0.1) is 44.1 Å². The van der Waals surface area contributed by atoms with E-state index in [-0.39, 0.29) is 13.2 Å². The Morgan fingerprint density at radius 1 is 0.655 bits per heavy atom. The summed E-state index contributed by atoms with van der Waals surface area (Å²) in [6.07, 6.45) is 3.62.